The van der Waals surface area contributed by atoms with Gasteiger partial charge in [-0.1, -0.05) is 90.4 Å². The van der Waals surface area contributed by atoms with Gasteiger partial charge in [0.2, 0.25) is 70.9 Å². The van der Waals surface area contributed by atoms with E-state index in [0.29, 0.717) is 49.8 Å². The third kappa shape index (κ3) is 37.6. The summed E-state index contributed by atoms with van der Waals surface area (Å²) in [6, 6.07) is 0.244. The Bertz CT molecular complexity index is 3520. The molecule has 12 amide bonds. The topological polar surface area (TPSA) is 669 Å². The molecule has 3 rings (SSSR count). The summed E-state index contributed by atoms with van der Waals surface area (Å²) < 4.78 is 0. The van der Waals surface area contributed by atoms with E-state index in [1.54, 1.807) is 70.2 Å². The van der Waals surface area contributed by atoms with Crippen molar-refractivity contribution in [2.24, 2.45) is 84.3 Å². The molecule has 0 saturated carbocycles. The number of carboxylic acid groups (broad SMARTS) is 1. The number of guanidine groups is 3. The minimum absolute atomic E-state index is 0.00479. The number of phenolic OH excluding ortho intramolecular Hbond substituents is 1. The number of nitrogens with one attached hydrogen (secondary N) is 11. The monoisotopic (exact) mass is 1600 g/mol. The molecule has 636 valence electrons. The molecule has 1 aliphatic heterocycles. The van der Waals surface area contributed by atoms with Gasteiger partial charge in [0.15, 0.2) is 17.9 Å². The van der Waals surface area contributed by atoms with Crippen molar-refractivity contribution in [2.75, 3.05) is 52.4 Å². The quantitative estimate of drug-likeness (QED) is 0.0169. The first-order chi connectivity index (χ1) is 54.1. The molecule has 39 heteroatoms. The lowest BCUT2D eigenvalue weighted by Gasteiger charge is -2.32. The zero-order valence-corrected chi connectivity index (χ0v) is 66.6. The van der Waals surface area contributed by atoms with E-state index in [1.165, 1.54) is 17.0 Å². The van der Waals surface area contributed by atoms with Crippen molar-refractivity contribution in [2.45, 2.75) is 230 Å². The summed E-state index contributed by atoms with van der Waals surface area (Å²) in [6.45, 7) is 10.00. The van der Waals surface area contributed by atoms with Gasteiger partial charge in [0.25, 0.3) is 0 Å². The highest BCUT2D eigenvalue weighted by Gasteiger charge is 2.42. The van der Waals surface area contributed by atoms with Gasteiger partial charge in [-0.2, -0.15) is 0 Å². The third-order valence-corrected chi connectivity index (χ3v) is 18.7. The molecule has 2 aromatic rings. The fourth-order valence-electron chi connectivity index (χ4n) is 12.4. The number of nitrogens with zero attached hydrogens (tertiary/aromatic N) is 4. The van der Waals surface area contributed by atoms with Crippen molar-refractivity contribution >= 4 is 94.7 Å². The van der Waals surface area contributed by atoms with Crippen molar-refractivity contribution < 1.29 is 72.5 Å². The average Bonchev–Trinajstić information content (AvgIpc) is 1.60. The van der Waals surface area contributed by atoms with Gasteiger partial charge in [-0.05, 0) is 163 Å². The van der Waals surface area contributed by atoms with Crippen LogP contribution in [0.1, 0.15) is 162 Å². The number of phenols is 1. The molecule has 0 aromatic heterocycles. The Balaban J connectivity index is 1.97. The second-order valence-corrected chi connectivity index (χ2v) is 29.3. The fourth-order valence-corrected chi connectivity index (χ4v) is 12.4. The van der Waals surface area contributed by atoms with Crippen LogP contribution in [0.25, 0.3) is 0 Å². The number of aliphatic carboxylic acids is 1. The highest BCUT2D eigenvalue weighted by molar-refractivity contribution is 6.00. The van der Waals surface area contributed by atoms with Crippen LogP contribution in [0, 0.1) is 17.8 Å². The molecule has 0 bridgehead atoms. The van der Waals surface area contributed by atoms with Crippen LogP contribution in [0.3, 0.4) is 0 Å². The predicted octanol–water partition coefficient (Wildman–Crippen LogP) is -4.27. The number of unbranched alkanes of at least 4 members (excludes halogenated alkanes) is 2. The Hall–Kier alpha value is -11.0. The number of carboxylic acids is 1. The van der Waals surface area contributed by atoms with E-state index in [1.807, 2.05) is 13.8 Å². The van der Waals surface area contributed by atoms with Crippen LogP contribution in [-0.2, 0) is 75.2 Å². The van der Waals surface area contributed by atoms with E-state index in [4.69, 9.17) is 51.6 Å². The molecule has 31 N–H and O–H groups in total. The molecule has 1 aliphatic rings. The largest absolute Gasteiger partial charge is 0.508 e. The number of carbonyl (C=O) groups excluding carboxylic acids is 12. The van der Waals surface area contributed by atoms with Gasteiger partial charge in [0.1, 0.15) is 66.2 Å². The Morgan fingerprint density at radius 1 is 0.465 bits per heavy atom. The first-order valence-electron chi connectivity index (χ1n) is 39.0. The molecule has 0 radical (unpaired) electrons. The van der Waals surface area contributed by atoms with Crippen LogP contribution < -0.4 is 110 Å². The number of likely N-dealkylation sites (tertiary alicyclic amines) is 1. The first kappa shape index (κ1) is 97.2. The molecular weight excluding hydrogens is 1480 g/mol. The van der Waals surface area contributed by atoms with Crippen LogP contribution in [0.2, 0.25) is 0 Å². The molecule has 114 heavy (non-hydrogen) atoms. The number of hydrogen-bond donors (Lipinski definition) is 22. The molecule has 1 saturated heterocycles. The van der Waals surface area contributed by atoms with Crippen LogP contribution in [0.4, 0.5) is 0 Å². The van der Waals surface area contributed by atoms with Crippen LogP contribution in [-0.4, -0.2) is 229 Å². The predicted molar refractivity (Wildman–Crippen MR) is 430 cm³/mol. The maximum absolute atomic E-state index is 15.1. The van der Waals surface area contributed by atoms with Crippen molar-refractivity contribution in [3.63, 3.8) is 0 Å². The first-order valence-corrected chi connectivity index (χ1v) is 39.0. The number of amides is 12. The lowest BCUT2D eigenvalue weighted by atomic mass is 9.96. The van der Waals surface area contributed by atoms with Gasteiger partial charge < -0.3 is 125 Å². The van der Waals surface area contributed by atoms with E-state index in [0.717, 1.165) is 0 Å². The Labute approximate surface area is 666 Å². The normalized spacial score (nSPS) is 15.3. The zero-order chi connectivity index (χ0) is 85.0. The van der Waals surface area contributed by atoms with Gasteiger partial charge in [0.05, 0.1) is 19.1 Å². The number of rotatable bonds is 54. The molecule has 0 aliphatic carbocycles. The summed E-state index contributed by atoms with van der Waals surface area (Å²) >= 11 is 0. The molecular formula is C75H126N24O15. The standard InChI is InChI=1S/C75H126N24O15/c1-7-45(6)61(70(111)94-53(25-17-35-87-75(83)84)71(112)99-36-18-26-58(99)69(110)93-50(21-11-13-31-76)64(105)96-56(38-44(4)5)67(108)95-54(72(113)114)22-12-14-32-77)98-65(106)52(24-16-34-86-74(81)82)91-63(104)51(23-15-33-85-73(79)80)92-66(107)55(37-43(2)3)97-68(109)57(40-46-19-9-8-10-20-46)90-60(102)42-88-59(101)41-89-62(103)49(78)39-47-27-29-48(100)30-28-47/h8-10,19-20,27-30,43-45,49-58,61,100H,7,11-18,21-26,31-42,76-78H2,1-6H3,(H,88,101)(H,89,103)(H,90,102)(H,91,104)(H,92,107)(H,93,110)(H,94,111)(H,95,108)(H,96,105)(H,97,109)(H,98,106)(H,113,114)(H4,79,80,85)(H4,81,82,86)(H4,83,84,87)/t45?,49?,50?,51?,52?,53?,54?,55?,56?,57?,58?,61-/m0/s1. The third-order valence-electron chi connectivity index (χ3n) is 18.7. The number of benzene rings is 2. The highest BCUT2D eigenvalue weighted by atomic mass is 16.4. The van der Waals surface area contributed by atoms with E-state index in [-0.39, 0.29) is 158 Å². The number of aromatic hydroxyl groups is 1. The molecule has 1 fully saturated rings. The molecule has 39 nitrogen and oxygen atoms in total. The highest BCUT2D eigenvalue weighted by Crippen LogP contribution is 2.22. The van der Waals surface area contributed by atoms with Crippen LogP contribution in [0.15, 0.2) is 69.6 Å². The molecule has 2 aromatic carbocycles. The number of carbonyl (C=O) groups is 13. The van der Waals surface area contributed by atoms with Gasteiger partial charge in [-0.3, -0.25) is 72.5 Å². The van der Waals surface area contributed by atoms with Crippen molar-refractivity contribution in [1.82, 2.24) is 63.4 Å². The van der Waals surface area contributed by atoms with Gasteiger partial charge >= 0.3 is 5.97 Å². The van der Waals surface area contributed by atoms with Crippen molar-refractivity contribution in [3.8, 4) is 5.75 Å². The van der Waals surface area contributed by atoms with Crippen LogP contribution in [0.5, 0.6) is 5.75 Å². The lowest BCUT2D eigenvalue weighted by molar-refractivity contribution is -0.143. The fraction of sp³-hybridized carbons (Fsp3) is 0.627. The van der Waals surface area contributed by atoms with Crippen molar-refractivity contribution in [1.29, 1.82) is 0 Å². The number of hydrogen-bond acceptors (Lipinski definition) is 20. The summed E-state index contributed by atoms with van der Waals surface area (Å²) in [5.41, 5.74) is 52.6. The smallest absolute Gasteiger partial charge is 0.326 e. The van der Waals surface area contributed by atoms with Gasteiger partial charge in [-0.25, -0.2) is 4.79 Å². The maximum atomic E-state index is 15.1. The minimum atomic E-state index is -1.48. The molecule has 11 unspecified atom stereocenters. The summed E-state index contributed by atoms with van der Waals surface area (Å²) in [5, 5.41) is 48.8. The van der Waals surface area contributed by atoms with E-state index in [9.17, 15) is 67.7 Å². The SMILES string of the molecule is CCC(C)[C@H](NC(=O)C(CCCN=C(N)N)NC(=O)C(CCCN=C(N)N)NC(=O)C(CC(C)C)NC(=O)C(Cc1ccccc1)NC(=O)CNC(=O)CNC(=O)C(N)Cc1ccc(O)cc1)C(=O)NC(CCCN=C(N)N)C(=O)N1CCCC1C(=O)NC(CCCCN)C(=O)NC(CC(C)C)C(=O)NC(CCCCN)C(=O)O. The average molecular weight is 1600 g/mol. The summed E-state index contributed by atoms with van der Waals surface area (Å²) in [6.07, 6.45) is 2.67. The molecule has 1 heterocycles. The van der Waals surface area contributed by atoms with E-state index in [2.05, 4.69) is 73.5 Å². The van der Waals surface area contributed by atoms with Gasteiger partial charge in [0, 0.05) is 32.6 Å². The minimum Gasteiger partial charge on any atom is -0.508 e. The zero-order valence-electron chi connectivity index (χ0n) is 66.6. The summed E-state index contributed by atoms with van der Waals surface area (Å²) in [5.74, 6) is -12.5. The molecule has 12 atom stereocenters. The Kier molecular flexibility index (Phi) is 44.7. The Morgan fingerprint density at radius 3 is 1.37 bits per heavy atom. The lowest BCUT2D eigenvalue weighted by Crippen LogP contribution is -2.61. The summed E-state index contributed by atoms with van der Waals surface area (Å²) in [7, 11) is 0. The number of aliphatic imine (C=N–C) groups is 3. The van der Waals surface area contributed by atoms with E-state index >= 15 is 4.79 Å². The second-order valence-electron chi connectivity index (χ2n) is 29.3. The van der Waals surface area contributed by atoms with Gasteiger partial charge in [-0.15, -0.1) is 0 Å². The second kappa shape index (κ2) is 52.4. The van der Waals surface area contributed by atoms with Crippen LogP contribution >= 0.6 is 0 Å². The van der Waals surface area contributed by atoms with E-state index < -0.39 is 162 Å². The number of nitrogens with two attached hydrogens (primary N) is 9. The Morgan fingerprint density at radius 2 is 0.886 bits per heavy atom. The maximum Gasteiger partial charge on any atom is 0.326 e. The summed E-state index contributed by atoms with van der Waals surface area (Å²) in [4.78, 5) is 196. The van der Waals surface area contributed by atoms with Crippen molar-refractivity contribution in [3.05, 3.63) is 65.7 Å². The molecule has 0 spiro atoms.